The molecular weight excluding hydrogens is 204 g/mol. The molecule has 0 radical (unpaired) electrons. The third kappa shape index (κ3) is 2.97. The van der Waals surface area contributed by atoms with E-state index in [0.29, 0.717) is 12.7 Å². The Morgan fingerprint density at radius 2 is 2.31 bits per heavy atom. The van der Waals surface area contributed by atoms with Gasteiger partial charge in [-0.1, -0.05) is 12.1 Å². The van der Waals surface area contributed by atoms with Gasteiger partial charge in [-0.05, 0) is 37.5 Å². The highest BCUT2D eigenvalue weighted by atomic mass is 16.5. The molecule has 1 aliphatic rings. The summed E-state index contributed by atoms with van der Waals surface area (Å²) in [6, 6.07) is 7.52. The first kappa shape index (κ1) is 11.4. The van der Waals surface area contributed by atoms with E-state index in [1.807, 2.05) is 24.3 Å². The van der Waals surface area contributed by atoms with Gasteiger partial charge in [-0.25, -0.2) is 0 Å². The second-order valence-corrected chi connectivity index (χ2v) is 4.26. The van der Waals surface area contributed by atoms with Crippen molar-refractivity contribution in [3.05, 3.63) is 29.8 Å². The second-order valence-electron chi connectivity index (χ2n) is 4.26. The molecule has 2 rings (SSSR count). The third-order valence-corrected chi connectivity index (χ3v) is 2.84. The summed E-state index contributed by atoms with van der Waals surface area (Å²) in [6.07, 6.45) is 2.76. The van der Waals surface area contributed by atoms with Crippen LogP contribution in [0.3, 0.4) is 0 Å². The molecule has 1 saturated heterocycles. The van der Waals surface area contributed by atoms with Gasteiger partial charge in [0.2, 0.25) is 0 Å². The average Bonchev–Trinajstić information content (AvgIpc) is 2.73. The van der Waals surface area contributed by atoms with E-state index >= 15 is 0 Å². The average molecular weight is 222 g/mol. The van der Waals surface area contributed by atoms with Gasteiger partial charge in [-0.15, -0.1) is 0 Å². The predicted octanol–water partition coefficient (Wildman–Crippen LogP) is 2.13. The maximum atomic E-state index is 9.00. The fourth-order valence-electron chi connectivity index (χ4n) is 1.93. The van der Waals surface area contributed by atoms with E-state index in [1.165, 1.54) is 0 Å². The minimum atomic E-state index is 0.0498. The molecule has 0 amide bonds. The fraction of sp³-hybridized carbons (Fsp3) is 0.538. The Labute approximate surface area is 96.0 Å². The van der Waals surface area contributed by atoms with Crippen LogP contribution in [0, 0.1) is 0 Å². The number of hydrogen-bond donors (Lipinski definition) is 1. The highest BCUT2D eigenvalue weighted by Crippen LogP contribution is 2.20. The van der Waals surface area contributed by atoms with Gasteiger partial charge >= 0.3 is 0 Å². The first-order valence-electron chi connectivity index (χ1n) is 5.76. The van der Waals surface area contributed by atoms with Crippen LogP contribution in [0.25, 0.3) is 0 Å². The molecule has 0 bridgehead atoms. The van der Waals surface area contributed by atoms with Gasteiger partial charge in [0.15, 0.2) is 0 Å². The Hall–Kier alpha value is -1.06. The summed E-state index contributed by atoms with van der Waals surface area (Å²) in [5, 5.41) is 9.00. The van der Waals surface area contributed by atoms with Crippen LogP contribution in [-0.4, -0.2) is 23.9 Å². The molecular formula is C13H18O3. The van der Waals surface area contributed by atoms with E-state index in [2.05, 4.69) is 6.92 Å². The Morgan fingerprint density at radius 1 is 1.44 bits per heavy atom. The molecule has 1 heterocycles. The summed E-state index contributed by atoms with van der Waals surface area (Å²) < 4.78 is 11.3. The lowest BCUT2D eigenvalue weighted by Crippen LogP contribution is -2.17. The molecule has 2 atom stereocenters. The lowest BCUT2D eigenvalue weighted by atomic mass is 10.2. The van der Waals surface area contributed by atoms with E-state index < -0.39 is 0 Å². The second kappa shape index (κ2) is 5.32. The maximum Gasteiger partial charge on any atom is 0.119 e. The molecule has 1 N–H and O–H groups in total. The summed E-state index contributed by atoms with van der Waals surface area (Å²) in [7, 11) is 0. The van der Waals surface area contributed by atoms with E-state index in [1.54, 1.807) is 0 Å². The van der Waals surface area contributed by atoms with Crippen molar-refractivity contribution in [1.82, 2.24) is 0 Å². The quantitative estimate of drug-likeness (QED) is 0.848. The Bertz CT molecular complexity index is 338. The lowest BCUT2D eigenvalue weighted by molar-refractivity contribution is 0.0264. The molecule has 0 aromatic heterocycles. The monoisotopic (exact) mass is 222 g/mol. The van der Waals surface area contributed by atoms with Crippen LogP contribution in [0.4, 0.5) is 0 Å². The van der Waals surface area contributed by atoms with Crippen LogP contribution in [0.15, 0.2) is 24.3 Å². The van der Waals surface area contributed by atoms with E-state index in [-0.39, 0.29) is 12.7 Å². The molecule has 0 spiro atoms. The number of benzene rings is 1. The number of rotatable bonds is 4. The highest BCUT2D eigenvalue weighted by molar-refractivity contribution is 5.27. The largest absolute Gasteiger partial charge is 0.491 e. The molecule has 1 aliphatic heterocycles. The highest BCUT2D eigenvalue weighted by Gasteiger charge is 2.22. The minimum Gasteiger partial charge on any atom is -0.491 e. The van der Waals surface area contributed by atoms with Crippen LogP contribution in [0.5, 0.6) is 5.75 Å². The van der Waals surface area contributed by atoms with E-state index in [4.69, 9.17) is 14.6 Å². The number of aliphatic hydroxyl groups is 1. The predicted molar refractivity (Wildman–Crippen MR) is 61.4 cm³/mol. The molecule has 16 heavy (non-hydrogen) atoms. The molecule has 0 aliphatic carbocycles. The zero-order valence-electron chi connectivity index (χ0n) is 9.56. The normalized spacial score (nSPS) is 24.6. The Morgan fingerprint density at radius 3 is 3.00 bits per heavy atom. The molecule has 1 fully saturated rings. The number of aliphatic hydroxyl groups excluding tert-OH is 1. The van der Waals surface area contributed by atoms with Crippen LogP contribution >= 0.6 is 0 Å². The van der Waals surface area contributed by atoms with Crippen molar-refractivity contribution >= 4 is 0 Å². The van der Waals surface area contributed by atoms with Crippen LogP contribution in [-0.2, 0) is 11.3 Å². The van der Waals surface area contributed by atoms with Gasteiger partial charge in [0.05, 0.1) is 18.8 Å². The van der Waals surface area contributed by atoms with Crippen molar-refractivity contribution in [3.8, 4) is 5.75 Å². The zero-order chi connectivity index (χ0) is 11.4. The van der Waals surface area contributed by atoms with E-state index in [0.717, 1.165) is 24.2 Å². The van der Waals surface area contributed by atoms with Crippen molar-refractivity contribution in [2.75, 3.05) is 6.61 Å². The van der Waals surface area contributed by atoms with Crippen LogP contribution < -0.4 is 4.74 Å². The minimum absolute atomic E-state index is 0.0498. The summed E-state index contributed by atoms with van der Waals surface area (Å²) in [6.45, 7) is 2.74. The van der Waals surface area contributed by atoms with Gasteiger partial charge < -0.3 is 14.6 Å². The van der Waals surface area contributed by atoms with Gasteiger partial charge in [0.1, 0.15) is 12.4 Å². The summed E-state index contributed by atoms with van der Waals surface area (Å²) in [5.41, 5.74) is 0.873. The summed E-state index contributed by atoms with van der Waals surface area (Å²) >= 11 is 0. The molecule has 3 heteroatoms. The molecule has 1 aromatic carbocycles. The lowest BCUT2D eigenvalue weighted by Gasteiger charge is -2.13. The van der Waals surface area contributed by atoms with Crippen molar-refractivity contribution in [2.45, 2.75) is 38.6 Å². The molecule has 1 aromatic rings. The molecule has 88 valence electrons. The van der Waals surface area contributed by atoms with Crippen LogP contribution in [0.2, 0.25) is 0 Å². The van der Waals surface area contributed by atoms with Gasteiger partial charge in [-0.2, -0.15) is 0 Å². The van der Waals surface area contributed by atoms with Crippen LogP contribution in [0.1, 0.15) is 25.3 Å². The Balaban J connectivity index is 1.84. The van der Waals surface area contributed by atoms with Gasteiger partial charge in [0, 0.05) is 0 Å². The van der Waals surface area contributed by atoms with Gasteiger partial charge in [0.25, 0.3) is 0 Å². The summed E-state index contributed by atoms with van der Waals surface area (Å²) in [4.78, 5) is 0. The fourth-order valence-corrected chi connectivity index (χ4v) is 1.93. The molecule has 3 nitrogen and oxygen atoms in total. The van der Waals surface area contributed by atoms with Crippen molar-refractivity contribution in [3.63, 3.8) is 0 Å². The standard InChI is InChI=1S/C13H18O3/c1-10-5-6-13(16-10)9-15-12-4-2-3-11(7-12)8-14/h2-4,7,10,13-14H,5-6,8-9H2,1H3. The van der Waals surface area contributed by atoms with Crippen molar-refractivity contribution in [1.29, 1.82) is 0 Å². The van der Waals surface area contributed by atoms with Gasteiger partial charge in [-0.3, -0.25) is 0 Å². The maximum absolute atomic E-state index is 9.00. The first-order valence-corrected chi connectivity index (χ1v) is 5.76. The molecule has 2 unspecified atom stereocenters. The third-order valence-electron chi connectivity index (χ3n) is 2.84. The zero-order valence-corrected chi connectivity index (χ0v) is 9.56. The van der Waals surface area contributed by atoms with E-state index in [9.17, 15) is 0 Å². The first-order chi connectivity index (χ1) is 7.78. The van der Waals surface area contributed by atoms with Crippen molar-refractivity contribution in [2.24, 2.45) is 0 Å². The SMILES string of the molecule is CC1CCC(COc2cccc(CO)c2)O1. The number of ether oxygens (including phenoxy) is 2. The Kier molecular flexibility index (Phi) is 3.80. The summed E-state index contributed by atoms with van der Waals surface area (Å²) in [5.74, 6) is 0.801. The smallest absolute Gasteiger partial charge is 0.119 e. The number of hydrogen-bond acceptors (Lipinski definition) is 3. The molecule has 0 saturated carbocycles. The van der Waals surface area contributed by atoms with Crippen molar-refractivity contribution < 1.29 is 14.6 Å². The topological polar surface area (TPSA) is 38.7 Å².